The van der Waals surface area contributed by atoms with Crippen LogP contribution in [-0.4, -0.2) is 38.3 Å². The summed E-state index contributed by atoms with van der Waals surface area (Å²) in [6.07, 6.45) is -0.145. The number of pyridine rings is 1. The van der Waals surface area contributed by atoms with Gasteiger partial charge in [0.05, 0.1) is 30.2 Å². The van der Waals surface area contributed by atoms with E-state index in [1.54, 1.807) is 12.3 Å². The van der Waals surface area contributed by atoms with Gasteiger partial charge in [0.25, 0.3) is 0 Å². The normalized spacial score (nSPS) is 16.9. The van der Waals surface area contributed by atoms with Crippen molar-refractivity contribution in [3.05, 3.63) is 58.9 Å². The SMILES string of the molecule is CNc1c(C(F)(F)F)ccc2c1C(c1cc(N3CCOCC3)ccn1)=CC2. The molecule has 1 aromatic heterocycles. The van der Waals surface area contributed by atoms with Gasteiger partial charge in [-0.25, -0.2) is 0 Å². The molecule has 1 aliphatic carbocycles. The number of anilines is 2. The Labute approximate surface area is 155 Å². The molecule has 0 saturated carbocycles. The molecule has 1 saturated heterocycles. The zero-order chi connectivity index (χ0) is 19.0. The number of hydrogen-bond donors (Lipinski definition) is 1. The van der Waals surface area contributed by atoms with Crippen LogP contribution in [0.3, 0.4) is 0 Å². The standard InChI is InChI=1S/C20H20F3N3O/c1-24-19-16(20(21,22)23)5-3-13-2-4-15(18(13)19)17-12-14(6-7-25-17)26-8-10-27-11-9-26/h3-7,12,24H,2,8-11H2,1H3. The minimum Gasteiger partial charge on any atom is -0.387 e. The summed E-state index contributed by atoms with van der Waals surface area (Å²) >= 11 is 0. The molecule has 0 radical (unpaired) electrons. The highest BCUT2D eigenvalue weighted by Gasteiger charge is 2.36. The zero-order valence-corrected chi connectivity index (χ0v) is 14.9. The summed E-state index contributed by atoms with van der Waals surface area (Å²) in [5, 5.41) is 2.76. The number of benzene rings is 1. The Morgan fingerprint density at radius 1 is 1.15 bits per heavy atom. The highest BCUT2D eigenvalue weighted by atomic mass is 19.4. The summed E-state index contributed by atoms with van der Waals surface area (Å²) in [6, 6.07) is 6.59. The van der Waals surface area contributed by atoms with Crippen molar-refractivity contribution in [2.45, 2.75) is 12.6 Å². The van der Waals surface area contributed by atoms with Crippen molar-refractivity contribution in [3.63, 3.8) is 0 Å². The molecule has 0 amide bonds. The first-order valence-electron chi connectivity index (χ1n) is 8.89. The smallest absolute Gasteiger partial charge is 0.387 e. The quantitative estimate of drug-likeness (QED) is 0.881. The number of ether oxygens (including phenoxy) is 1. The van der Waals surface area contributed by atoms with Crippen LogP contribution in [0.15, 0.2) is 36.5 Å². The summed E-state index contributed by atoms with van der Waals surface area (Å²) in [6.45, 7) is 2.92. The minimum absolute atomic E-state index is 0.113. The van der Waals surface area contributed by atoms with Gasteiger partial charge in [-0.2, -0.15) is 13.2 Å². The third-order valence-corrected chi connectivity index (χ3v) is 5.04. The minimum atomic E-state index is -4.41. The van der Waals surface area contributed by atoms with E-state index >= 15 is 0 Å². The van der Waals surface area contributed by atoms with Gasteiger partial charge >= 0.3 is 6.18 Å². The first-order chi connectivity index (χ1) is 13.0. The van der Waals surface area contributed by atoms with Gasteiger partial charge in [-0.1, -0.05) is 12.1 Å². The Morgan fingerprint density at radius 2 is 1.93 bits per heavy atom. The third kappa shape index (κ3) is 3.27. The number of nitrogens with zero attached hydrogens (tertiary/aromatic N) is 2. The topological polar surface area (TPSA) is 37.4 Å². The van der Waals surface area contributed by atoms with Gasteiger partial charge in [0.2, 0.25) is 0 Å². The number of fused-ring (bicyclic) bond motifs is 1. The number of morpholine rings is 1. The van der Waals surface area contributed by atoms with Gasteiger partial charge in [0.15, 0.2) is 0 Å². The van der Waals surface area contributed by atoms with Crippen LogP contribution in [0, 0.1) is 0 Å². The molecule has 1 aliphatic heterocycles. The number of nitrogens with one attached hydrogen (secondary N) is 1. The van der Waals surface area contributed by atoms with Crippen LogP contribution < -0.4 is 10.2 Å². The molecule has 7 heteroatoms. The van der Waals surface area contributed by atoms with Crippen LogP contribution in [0.4, 0.5) is 24.5 Å². The molecule has 142 valence electrons. The van der Waals surface area contributed by atoms with Crippen molar-refractivity contribution in [1.82, 2.24) is 4.98 Å². The van der Waals surface area contributed by atoms with Gasteiger partial charge < -0.3 is 15.0 Å². The molecule has 0 bridgehead atoms. The average Bonchev–Trinajstić information content (AvgIpc) is 3.11. The molecule has 2 aliphatic rings. The van der Waals surface area contributed by atoms with Crippen LogP contribution in [0.2, 0.25) is 0 Å². The maximum absolute atomic E-state index is 13.4. The lowest BCUT2D eigenvalue weighted by Crippen LogP contribution is -2.36. The van der Waals surface area contributed by atoms with E-state index < -0.39 is 11.7 Å². The van der Waals surface area contributed by atoms with Crippen molar-refractivity contribution in [2.24, 2.45) is 0 Å². The largest absolute Gasteiger partial charge is 0.418 e. The lowest BCUT2D eigenvalue weighted by Gasteiger charge is -2.29. The highest BCUT2D eigenvalue weighted by molar-refractivity contribution is 5.91. The van der Waals surface area contributed by atoms with Crippen LogP contribution in [-0.2, 0) is 17.3 Å². The molecule has 4 rings (SSSR count). The van der Waals surface area contributed by atoms with E-state index in [2.05, 4.69) is 15.2 Å². The Morgan fingerprint density at radius 3 is 2.63 bits per heavy atom. The van der Waals surface area contributed by atoms with Gasteiger partial charge in [-0.05, 0) is 30.2 Å². The van der Waals surface area contributed by atoms with Gasteiger partial charge in [0.1, 0.15) is 0 Å². The lowest BCUT2D eigenvalue weighted by atomic mass is 9.96. The Kier molecular flexibility index (Phi) is 4.55. The average molecular weight is 375 g/mol. The summed E-state index contributed by atoms with van der Waals surface area (Å²) in [5.74, 6) is 0. The molecule has 1 fully saturated rings. The van der Waals surface area contributed by atoms with Crippen molar-refractivity contribution in [3.8, 4) is 0 Å². The van der Waals surface area contributed by atoms with Crippen LogP contribution >= 0.6 is 0 Å². The maximum Gasteiger partial charge on any atom is 0.418 e. The molecule has 1 aromatic carbocycles. The van der Waals surface area contributed by atoms with Crippen molar-refractivity contribution < 1.29 is 17.9 Å². The van der Waals surface area contributed by atoms with E-state index in [1.165, 1.54) is 7.05 Å². The molecular formula is C20H20F3N3O. The fourth-order valence-corrected chi connectivity index (χ4v) is 3.75. The van der Waals surface area contributed by atoms with Crippen LogP contribution in [0.25, 0.3) is 5.57 Å². The zero-order valence-electron chi connectivity index (χ0n) is 14.9. The van der Waals surface area contributed by atoms with E-state index in [-0.39, 0.29) is 5.69 Å². The second kappa shape index (κ2) is 6.88. The highest BCUT2D eigenvalue weighted by Crippen LogP contribution is 2.44. The van der Waals surface area contributed by atoms with Gasteiger partial charge in [-0.15, -0.1) is 0 Å². The Hall–Kier alpha value is -2.54. The fraction of sp³-hybridized carbons (Fsp3) is 0.350. The Balaban J connectivity index is 1.76. The van der Waals surface area contributed by atoms with Crippen molar-refractivity contribution in [2.75, 3.05) is 43.6 Å². The second-order valence-electron chi connectivity index (χ2n) is 6.59. The number of hydrogen-bond acceptors (Lipinski definition) is 4. The first-order valence-corrected chi connectivity index (χ1v) is 8.89. The van der Waals surface area contributed by atoms with Gasteiger partial charge in [0, 0.05) is 43.2 Å². The summed E-state index contributed by atoms with van der Waals surface area (Å²) in [7, 11) is 1.53. The molecule has 2 aromatic rings. The van der Waals surface area contributed by atoms with Crippen molar-refractivity contribution in [1.29, 1.82) is 0 Å². The summed E-state index contributed by atoms with van der Waals surface area (Å²) in [4.78, 5) is 6.65. The number of aromatic nitrogens is 1. The monoisotopic (exact) mass is 375 g/mol. The van der Waals surface area contributed by atoms with E-state index in [9.17, 15) is 13.2 Å². The lowest BCUT2D eigenvalue weighted by molar-refractivity contribution is -0.136. The summed E-state index contributed by atoms with van der Waals surface area (Å²) < 4.78 is 45.7. The molecule has 1 N–H and O–H groups in total. The molecule has 4 nitrogen and oxygen atoms in total. The fourth-order valence-electron chi connectivity index (χ4n) is 3.75. The third-order valence-electron chi connectivity index (χ3n) is 5.04. The van der Waals surface area contributed by atoms with Gasteiger partial charge in [-0.3, -0.25) is 4.98 Å². The summed E-state index contributed by atoms with van der Waals surface area (Å²) in [5.41, 5.74) is 3.38. The number of allylic oxidation sites excluding steroid dienone is 1. The van der Waals surface area contributed by atoms with Crippen LogP contribution in [0.5, 0.6) is 0 Å². The van der Waals surface area contributed by atoms with E-state index in [0.29, 0.717) is 30.9 Å². The first kappa shape index (κ1) is 17.9. The van der Waals surface area contributed by atoms with E-state index in [4.69, 9.17) is 4.74 Å². The molecule has 0 atom stereocenters. The van der Waals surface area contributed by atoms with E-state index in [1.807, 2.05) is 18.2 Å². The van der Waals surface area contributed by atoms with Crippen LogP contribution in [0.1, 0.15) is 22.4 Å². The second-order valence-corrected chi connectivity index (χ2v) is 6.59. The number of alkyl halides is 3. The molecule has 2 heterocycles. The van der Waals surface area contributed by atoms with E-state index in [0.717, 1.165) is 36.0 Å². The molecular weight excluding hydrogens is 355 g/mol. The number of rotatable bonds is 3. The predicted octanol–water partition coefficient (Wildman–Crippen LogP) is 3.97. The van der Waals surface area contributed by atoms with Crippen molar-refractivity contribution >= 4 is 16.9 Å². The maximum atomic E-state index is 13.4. The number of halogens is 3. The Bertz CT molecular complexity index is 887. The predicted molar refractivity (Wildman–Crippen MR) is 99.0 cm³/mol. The molecule has 27 heavy (non-hydrogen) atoms. The molecule has 0 spiro atoms. The molecule has 0 unspecified atom stereocenters.